The lowest BCUT2D eigenvalue weighted by Crippen LogP contribution is -2.56. The standard InChI is InChI=1S/C19H17F3N2O3/c1-12-6-8-13(9-7-12)17(25)24-18(26,19(20,21)22)11-16(23-24)14-4-3-5-15(10-14)27-2/h3-10,26H,11H2,1-2H3/t18-/m1/s1. The Morgan fingerprint density at radius 3 is 2.48 bits per heavy atom. The van der Waals surface area contributed by atoms with E-state index in [1.165, 1.54) is 31.4 Å². The second-order valence-electron chi connectivity index (χ2n) is 6.25. The van der Waals surface area contributed by atoms with Crippen molar-refractivity contribution in [1.82, 2.24) is 5.01 Å². The molecule has 1 N–H and O–H groups in total. The minimum Gasteiger partial charge on any atom is -0.497 e. The predicted molar refractivity (Wildman–Crippen MR) is 92.5 cm³/mol. The Balaban J connectivity index is 2.04. The van der Waals surface area contributed by atoms with Gasteiger partial charge >= 0.3 is 6.18 Å². The molecule has 0 aliphatic carbocycles. The van der Waals surface area contributed by atoms with Crippen LogP contribution in [0.3, 0.4) is 0 Å². The third-order valence-electron chi connectivity index (χ3n) is 4.33. The fraction of sp³-hybridized carbons (Fsp3) is 0.263. The van der Waals surface area contributed by atoms with Crippen molar-refractivity contribution in [2.75, 3.05) is 7.11 Å². The number of amides is 1. The number of aryl methyl sites for hydroxylation is 1. The molecule has 8 heteroatoms. The van der Waals surface area contributed by atoms with Gasteiger partial charge in [0.25, 0.3) is 11.6 Å². The van der Waals surface area contributed by atoms with Crippen LogP contribution in [0.1, 0.15) is 27.9 Å². The highest BCUT2D eigenvalue weighted by atomic mass is 19.4. The number of hydrazone groups is 1. The summed E-state index contributed by atoms with van der Waals surface area (Å²) >= 11 is 0. The molecule has 0 saturated heterocycles. The van der Waals surface area contributed by atoms with Gasteiger partial charge in [-0.3, -0.25) is 4.79 Å². The fourth-order valence-electron chi connectivity index (χ4n) is 2.76. The minimum atomic E-state index is -5.09. The van der Waals surface area contributed by atoms with Crippen LogP contribution >= 0.6 is 0 Å². The van der Waals surface area contributed by atoms with E-state index in [2.05, 4.69) is 5.10 Å². The molecule has 0 fully saturated rings. The first kappa shape index (κ1) is 18.9. The summed E-state index contributed by atoms with van der Waals surface area (Å²) in [5, 5.41) is 14.3. The average molecular weight is 378 g/mol. The molecule has 3 rings (SSSR count). The van der Waals surface area contributed by atoms with E-state index in [-0.39, 0.29) is 16.3 Å². The van der Waals surface area contributed by atoms with E-state index in [0.29, 0.717) is 11.3 Å². The van der Waals surface area contributed by atoms with Gasteiger partial charge in [-0.15, -0.1) is 0 Å². The molecule has 1 atom stereocenters. The number of nitrogens with zero attached hydrogens (tertiary/aromatic N) is 2. The normalized spacial score (nSPS) is 19.8. The van der Waals surface area contributed by atoms with Crippen molar-refractivity contribution in [2.24, 2.45) is 5.10 Å². The van der Waals surface area contributed by atoms with Gasteiger partial charge in [0, 0.05) is 11.1 Å². The van der Waals surface area contributed by atoms with Crippen molar-refractivity contribution in [3.8, 4) is 5.75 Å². The molecule has 1 heterocycles. The van der Waals surface area contributed by atoms with Gasteiger partial charge in [0.05, 0.1) is 19.2 Å². The second-order valence-corrected chi connectivity index (χ2v) is 6.25. The number of benzene rings is 2. The molecule has 1 aliphatic rings. The van der Waals surface area contributed by atoms with Crippen LogP contribution in [0.25, 0.3) is 0 Å². The van der Waals surface area contributed by atoms with Crippen molar-refractivity contribution < 1.29 is 27.8 Å². The largest absolute Gasteiger partial charge is 0.497 e. The Hall–Kier alpha value is -2.87. The highest BCUT2D eigenvalue weighted by Crippen LogP contribution is 2.42. The van der Waals surface area contributed by atoms with Gasteiger partial charge < -0.3 is 9.84 Å². The number of halogens is 3. The molecule has 0 spiro atoms. The Bertz CT molecular complexity index is 894. The Morgan fingerprint density at radius 1 is 1.22 bits per heavy atom. The third-order valence-corrected chi connectivity index (χ3v) is 4.33. The van der Waals surface area contributed by atoms with Crippen LogP contribution in [0.2, 0.25) is 0 Å². The number of hydrogen-bond acceptors (Lipinski definition) is 4. The minimum absolute atomic E-state index is 0.00100. The van der Waals surface area contributed by atoms with Crippen LogP contribution in [0.15, 0.2) is 53.6 Å². The maximum atomic E-state index is 13.6. The average Bonchev–Trinajstić information content (AvgIpc) is 3.01. The number of carbonyl (C=O) groups excluding carboxylic acids is 1. The summed E-state index contributed by atoms with van der Waals surface area (Å²) < 4.78 is 46.0. The first-order chi connectivity index (χ1) is 12.7. The van der Waals surface area contributed by atoms with E-state index in [1.54, 1.807) is 31.2 Å². The molecule has 1 amide bonds. The summed E-state index contributed by atoms with van der Waals surface area (Å²) in [5.41, 5.74) is -2.31. The Labute approximate surface area is 153 Å². The summed E-state index contributed by atoms with van der Waals surface area (Å²) in [7, 11) is 1.43. The number of aliphatic hydroxyl groups is 1. The Kier molecular flexibility index (Phi) is 4.69. The van der Waals surface area contributed by atoms with Crippen LogP contribution in [-0.2, 0) is 0 Å². The van der Waals surface area contributed by atoms with E-state index in [9.17, 15) is 23.1 Å². The molecule has 0 unspecified atom stereocenters. The molecule has 27 heavy (non-hydrogen) atoms. The molecule has 0 radical (unpaired) electrons. The van der Waals surface area contributed by atoms with Gasteiger partial charge in [0.1, 0.15) is 5.75 Å². The first-order valence-electron chi connectivity index (χ1n) is 8.08. The molecule has 2 aromatic rings. The number of methoxy groups -OCH3 is 1. The molecule has 142 valence electrons. The van der Waals surface area contributed by atoms with Gasteiger partial charge in [0.15, 0.2) is 0 Å². The molecule has 0 saturated carbocycles. The highest BCUT2D eigenvalue weighted by molar-refractivity contribution is 6.05. The zero-order valence-corrected chi connectivity index (χ0v) is 14.6. The van der Waals surface area contributed by atoms with E-state index in [1.807, 2.05) is 0 Å². The quantitative estimate of drug-likeness (QED) is 0.889. The van der Waals surface area contributed by atoms with Crippen LogP contribution < -0.4 is 4.74 Å². The molecule has 0 bridgehead atoms. The lowest BCUT2D eigenvalue weighted by atomic mass is 10.00. The van der Waals surface area contributed by atoms with Crippen LogP contribution in [0.4, 0.5) is 13.2 Å². The van der Waals surface area contributed by atoms with Crippen molar-refractivity contribution >= 4 is 11.6 Å². The van der Waals surface area contributed by atoms with Crippen LogP contribution in [0, 0.1) is 6.92 Å². The summed E-state index contributed by atoms with van der Waals surface area (Å²) in [4.78, 5) is 12.7. The number of alkyl halides is 3. The first-order valence-corrected chi connectivity index (χ1v) is 8.08. The van der Waals surface area contributed by atoms with E-state index < -0.39 is 24.2 Å². The zero-order chi connectivity index (χ0) is 19.8. The van der Waals surface area contributed by atoms with E-state index in [4.69, 9.17) is 4.74 Å². The summed E-state index contributed by atoms with van der Waals surface area (Å²) in [6.07, 6.45) is -5.96. The van der Waals surface area contributed by atoms with E-state index in [0.717, 1.165) is 5.56 Å². The number of hydrogen-bond donors (Lipinski definition) is 1. The number of rotatable bonds is 3. The van der Waals surface area contributed by atoms with Crippen molar-refractivity contribution in [2.45, 2.75) is 25.2 Å². The smallest absolute Gasteiger partial charge is 0.438 e. The number of ether oxygens (including phenoxy) is 1. The van der Waals surface area contributed by atoms with Gasteiger partial charge in [-0.2, -0.15) is 23.3 Å². The van der Waals surface area contributed by atoms with Crippen molar-refractivity contribution in [1.29, 1.82) is 0 Å². The lowest BCUT2D eigenvalue weighted by Gasteiger charge is -2.32. The van der Waals surface area contributed by atoms with Gasteiger partial charge in [-0.1, -0.05) is 29.8 Å². The van der Waals surface area contributed by atoms with E-state index >= 15 is 0 Å². The molecule has 0 aromatic heterocycles. The third kappa shape index (κ3) is 3.40. The zero-order valence-electron chi connectivity index (χ0n) is 14.6. The molecule has 1 aliphatic heterocycles. The molecular weight excluding hydrogens is 361 g/mol. The van der Waals surface area contributed by atoms with Crippen molar-refractivity contribution in [3.63, 3.8) is 0 Å². The van der Waals surface area contributed by atoms with Crippen LogP contribution in [-0.4, -0.2) is 40.7 Å². The van der Waals surface area contributed by atoms with Crippen molar-refractivity contribution in [3.05, 3.63) is 65.2 Å². The Morgan fingerprint density at radius 2 is 1.89 bits per heavy atom. The topological polar surface area (TPSA) is 62.1 Å². The van der Waals surface area contributed by atoms with Gasteiger partial charge in [-0.25, -0.2) is 0 Å². The SMILES string of the molecule is COc1cccc(C2=NN(C(=O)c3ccc(C)cc3)[C@](O)(C(F)(F)F)C2)c1. The summed E-state index contributed by atoms with van der Waals surface area (Å²) in [6, 6.07) is 12.2. The lowest BCUT2D eigenvalue weighted by molar-refractivity contribution is -0.297. The molecule has 5 nitrogen and oxygen atoms in total. The summed E-state index contributed by atoms with van der Waals surface area (Å²) in [5.74, 6) is -0.609. The monoisotopic (exact) mass is 378 g/mol. The number of carbonyl (C=O) groups is 1. The predicted octanol–water partition coefficient (Wildman–Crippen LogP) is 3.50. The molecular formula is C19H17F3N2O3. The second kappa shape index (κ2) is 6.70. The maximum Gasteiger partial charge on any atom is 0.438 e. The fourth-order valence-corrected chi connectivity index (χ4v) is 2.76. The van der Waals surface area contributed by atoms with Gasteiger partial charge in [0.2, 0.25) is 0 Å². The van der Waals surface area contributed by atoms with Crippen LogP contribution in [0.5, 0.6) is 5.75 Å². The van der Waals surface area contributed by atoms with Gasteiger partial charge in [-0.05, 0) is 31.2 Å². The molecule has 2 aromatic carbocycles. The maximum absolute atomic E-state index is 13.6. The summed E-state index contributed by atoms with van der Waals surface area (Å²) in [6.45, 7) is 1.79. The highest BCUT2D eigenvalue weighted by Gasteiger charge is 2.63.